The molecule has 1 rings (SSSR count). The van der Waals surface area contributed by atoms with Gasteiger partial charge in [-0.3, -0.25) is 0 Å². The van der Waals surface area contributed by atoms with E-state index in [1.807, 2.05) is 13.0 Å². The summed E-state index contributed by atoms with van der Waals surface area (Å²) in [5, 5.41) is 3.39. The molecule has 1 unspecified atom stereocenters. The van der Waals surface area contributed by atoms with Crippen molar-refractivity contribution in [3.63, 3.8) is 0 Å². The normalized spacial score (nSPS) is 12.9. The predicted molar refractivity (Wildman–Crippen MR) is 73.8 cm³/mol. The first-order valence-corrected chi connectivity index (χ1v) is 6.71. The molecular weight excluding hydrogens is 248 g/mol. The number of halogens is 2. The Balaban J connectivity index is 2.63. The molecule has 19 heavy (non-hydrogen) atoms. The largest absolute Gasteiger partial charge is 0.375 e. The van der Waals surface area contributed by atoms with Gasteiger partial charge in [0.15, 0.2) is 0 Å². The molecule has 1 aromatic rings. The van der Waals surface area contributed by atoms with Gasteiger partial charge in [-0.1, -0.05) is 25.1 Å². The highest BCUT2D eigenvalue weighted by Gasteiger charge is 2.14. The molecule has 0 aliphatic carbocycles. The molecule has 0 aromatic heterocycles. The monoisotopic (exact) mass is 271 g/mol. The van der Waals surface area contributed by atoms with Crippen molar-refractivity contribution in [2.45, 2.75) is 39.7 Å². The third-order valence-electron chi connectivity index (χ3n) is 3.27. The van der Waals surface area contributed by atoms with Crippen LogP contribution in [0.1, 0.15) is 36.1 Å². The van der Waals surface area contributed by atoms with E-state index in [0.717, 1.165) is 6.54 Å². The number of hydrogen-bond donors (Lipinski definition) is 1. The number of benzene rings is 1. The third-order valence-corrected chi connectivity index (χ3v) is 3.27. The zero-order valence-corrected chi connectivity index (χ0v) is 11.9. The van der Waals surface area contributed by atoms with Gasteiger partial charge in [-0.15, -0.1) is 0 Å². The fourth-order valence-corrected chi connectivity index (χ4v) is 2.14. The number of hydrogen-bond acceptors (Lipinski definition) is 2. The van der Waals surface area contributed by atoms with Gasteiger partial charge in [-0.25, -0.2) is 8.78 Å². The van der Waals surface area contributed by atoms with Gasteiger partial charge in [-0.05, 0) is 43.5 Å². The number of alkyl halides is 2. The molecule has 0 radical (unpaired) electrons. The minimum atomic E-state index is -2.39. The first kappa shape index (κ1) is 16.1. The summed E-state index contributed by atoms with van der Waals surface area (Å²) in [7, 11) is 0. The van der Waals surface area contributed by atoms with Gasteiger partial charge in [0, 0.05) is 12.6 Å². The molecule has 0 bridgehead atoms. The van der Waals surface area contributed by atoms with E-state index in [0.29, 0.717) is 13.0 Å². The van der Waals surface area contributed by atoms with Gasteiger partial charge in [0.1, 0.15) is 6.61 Å². The minimum absolute atomic E-state index is 0.155. The van der Waals surface area contributed by atoms with Crippen LogP contribution in [-0.2, 0) is 4.74 Å². The second-order valence-corrected chi connectivity index (χ2v) is 4.65. The molecule has 1 N–H and O–H groups in total. The van der Waals surface area contributed by atoms with Crippen LogP contribution in [-0.4, -0.2) is 26.2 Å². The molecular formula is C15H23F2NO. The summed E-state index contributed by atoms with van der Waals surface area (Å²) in [6, 6.07) is 6.35. The molecule has 0 amide bonds. The van der Waals surface area contributed by atoms with Crippen molar-refractivity contribution in [1.29, 1.82) is 0 Å². The van der Waals surface area contributed by atoms with E-state index in [1.54, 1.807) is 0 Å². The molecule has 1 aromatic carbocycles. The van der Waals surface area contributed by atoms with Crippen LogP contribution in [0.2, 0.25) is 0 Å². The van der Waals surface area contributed by atoms with Crippen molar-refractivity contribution in [1.82, 2.24) is 5.32 Å². The molecule has 0 spiro atoms. The Morgan fingerprint density at radius 2 is 2.00 bits per heavy atom. The zero-order chi connectivity index (χ0) is 14.3. The van der Waals surface area contributed by atoms with Gasteiger partial charge < -0.3 is 10.1 Å². The Hall–Kier alpha value is -1.00. The third kappa shape index (κ3) is 5.25. The molecule has 0 aliphatic rings. The standard InChI is InChI=1S/C15H23F2NO/c1-4-18-14(8-9-19-10-15(16)17)13-7-5-6-11(2)12(13)3/h5-7,14-15,18H,4,8-10H2,1-3H3. The number of ether oxygens (including phenoxy) is 1. The van der Waals surface area contributed by atoms with E-state index < -0.39 is 13.0 Å². The molecule has 0 saturated heterocycles. The van der Waals surface area contributed by atoms with Crippen molar-refractivity contribution >= 4 is 0 Å². The van der Waals surface area contributed by atoms with Crippen LogP contribution < -0.4 is 5.32 Å². The first-order chi connectivity index (χ1) is 9.06. The minimum Gasteiger partial charge on any atom is -0.375 e. The van der Waals surface area contributed by atoms with Crippen LogP contribution >= 0.6 is 0 Å². The summed E-state index contributed by atoms with van der Waals surface area (Å²) in [6.07, 6.45) is -1.69. The number of aryl methyl sites for hydroxylation is 1. The smallest absolute Gasteiger partial charge is 0.261 e. The van der Waals surface area contributed by atoms with Crippen molar-refractivity contribution in [2.75, 3.05) is 19.8 Å². The van der Waals surface area contributed by atoms with Crippen molar-refractivity contribution in [2.24, 2.45) is 0 Å². The Kier molecular flexibility index (Phi) is 6.95. The highest BCUT2D eigenvalue weighted by Crippen LogP contribution is 2.23. The second-order valence-electron chi connectivity index (χ2n) is 4.65. The lowest BCUT2D eigenvalue weighted by atomic mass is 9.95. The molecule has 2 nitrogen and oxygen atoms in total. The molecule has 4 heteroatoms. The Morgan fingerprint density at radius 3 is 2.63 bits per heavy atom. The van der Waals surface area contributed by atoms with Crippen LogP contribution in [0.5, 0.6) is 0 Å². The van der Waals surface area contributed by atoms with Crippen LogP contribution in [0.4, 0.5) is 8.78 Å². The second kappa shape index (κ2) is 8.23. The predicted octanol–water partition coefficient (Wildman–Crippen LogP) is 3.63. The van der Waals surface area contributed by atoms with Crippen LogP contribution in [0.25, 0.3) is 0 Å². The van der Waals surface area contributed by atoms with E-state index in [4.69, 9.17) is 4.74 Å². The van der Waals surface area contributed by atoms with Crippen molar-refractivity contribution < 1.29 is 13.5 Å². The van der Waals surface area contributed by atoms with Crippen molar-refractivity contribution in [3.8, 4) is 0 Å². The molecule has 1 atom stereocenters. The van der Waals surface area contributed by atoms with Crippen LogP contribution in [0.3, 0.4) is 0 Å². The van der Waals surface area contributed by atoms with E-state index in [2.05, 4.69) is 31.3 Å². The summed E-state index contributed by atoms with van der Waals surface area (Å²) in [4.78, 5) is 0. The lowest BCUT2D eigenvalue weighted by molar-refractivity contribution is 0.0144. The highest BCUT2D eigenvalue weighted by molar-refractivity contribution is 5.35. The van der Waals surface area contributed by atoms with Crippen LogP contribution in [0.15, 0.2) is 18.2 Å². The fraction of sp³-hybridized carbons (Fsp3) is 0.600. The zero-order valence-electron chi connectivity index (χ0n) is 11.9. The Bertz CT molecular complexity index is 382. The summed E-state index contributed by atoms with van der Waals surface area (Å²) in [5.41, 5.74) is 3.72. The molecule has 0 fully saturated rings. The van der Waals surface area contributed by atoms with Gasteiger partial charge in [-0.2, -0.15) is 0 Å². The number of nitrogens with one attached hydrogen (secondary N) is 1. The Morgan fingerprint density at radius 1 is 1.26 bits per heavy atom. The fourth-order valence-electron chi connectivity index (χ4n) is 2.14. The maximum atomic E-state index is 12.0. The van der Waals surface area contributed by atoms with Crippen molar-refractivity contribution in [3.05, 3.63) is 34.9 Å². The van der Waals surface area contributed by atoms with Gasteiger partial charge in [0.25, 0.3) is 6.43 Å². The van der Waals surface area contributed by atoms with E-state index in [-0.39, 0.29) is 6.04 Å². The molecule has 108 valence electrons. The topological polar surface area (TPSA) is 21.3 Å². The molecule has 0 aliphatic heterocycles. The number of rotatable bonds is 8. The van der Waals surface area contributed by atoms with Gasteiger partial charge in [0.2, 0.25) is 0 Å². The average Bonchev–Trinajstić information content (AvgIpc) is 2.36. The van der Waals surface area contributed by atoms with E-state index >= 15 is 0 Å². The van der Waals surface area contributed by atoms with E-state index in [9.17, 15) is 8.78 Å². The molecule has 0 saturated carbocycles. The Labute approximate surface area is 114 Å². The summed E-state index contributed by atoms with van der Waals surface area (Å²) in [5.74, 6) is 0. The van der Waals surface area contributed by atoms with E-state index in [1.165, 1.54) is 16.7 Å². The van der Waals surface area contributed by atoms with Gasteiger partial charge in [0.05, 0.1) is 0 Å². The first-order valence-electron chi connectivity index (χ1n) is 6.71. The lowest BCUT2D eigenvalue weighted by Gasteiger charge is -2.21. The SMILES string of the molecule is CCNC(CCOCC(F)F)c1cccc(C)c1C. The highest BCUT2D eigenvalue weighted by atomic mass is 19.3. The summed E-state index contributed by atoms with van der Waals surface area (Å²) < 4.78 is 29.0. The average molecular weight is 271 g/mol. The lowest BCUT2D eigenvalue weighted by Crippen LogP contribution is -2.23. The quantitative estimate of drug-likeness (QED) is 0.729. The summed E-state index contributed by atoms with van der Waals surface area (Å²) >= 11 is 0. The maximum Gasteiger partial charge on any atom is 0.261 e. The van der Waals surface area contributed by atoms with Gasteiger partial charge >= 0.3 is 0 Å². The molecule has 0 heterocycles. The van der Waals surface area contributed by atoms with Crippen LogP contribution in [0, 0.1) is 13.8 Å². The summed E-state index contributed by atoms with van der Waals surface area (Å²) in [6.45, 7) is 6.91. The maximum absolute atomic E-state index is 12.0.